The second-order valence-corrected chi connectivity index (χ2v) is 14.7. The summed E-state index contributed by atoms with van der Waals surface area (Å²) in [6.45, 7) is 0. The molecule has 8 aromatic carbocycles. The predicted octanol–water partition coefficient (Wildman–Crippen LogP) is 13.9. The van der Waals surface area contributed by atoms with E-state index in [0.717, 1.165) is 33.2 Å². The van der Waals surface area contributed by atoms with E-state index in [1.54, 1.807) is 0 Å². The highest BCUT2D eigenvalue weighted by molar-refractivity contribution is 7.26. The monoisotopic (exact) mass is 719 g/mol. The summed E-state index contributed by atoms with van der Waals surface area (Å²) in [6, 6.07) is 70.4. The molecular weight excluding hydrogens is 687 g/mol. The molecule has 0 saturated carbocycles. The van der Waals surface area contributed by atoms with Crippen LogP contribution < -0.4 is 0 Å². The van der Waals surface area contributed by atoms with Gasteiger partial charge in [0.15, 0.2) is 17.5 Å². The number of hydrogen-bond donors (Lipinski definition) is 0. The molecule has 0 spiro atoms. The van der Waals surface area contributed by atoms with E-state index in [1.165, 1.54) is 48.2 Å². The van der Waals surface area contributed by atoms with E-state index < -0.39 is 0 Å². The van der Waals surface area contributed by atoms with E-state index in [0.29, 0.717) is 17.5 Å². The molecule has 0 amide bonds. The molecule has 4 heteroatoms. The van der Waals surface area contributed by atoms with Crippen molar-refractivity contribution in [3.05, 3.63) is 200 Å². The number of aromatic nitrogens is 3. The summed E-state index contributed by atoms with van der Waals surface area (Å²) >= 11 is 1.82. The summed E-state index contributed by atoms with van der Waals surface area (Å²) in [5.74, 6) is 1.93. The molecule has 0 unspecified atom stereocenters. The number of rotatable bonds is 7. The van der Waals surface area contributed by atoms with Gasteiger partial charge in [-0.1, -0.05) is 188 Å². The van der Waals surface area contributed by atoms with Crippen LogP contribution in [0.4, 0.5) is 0 Å². The van der Waals surface area contributed by atoms with Crippen LogP contribution in [-0.4, -0.2) is 15.0 Å². The van der Waals surface area contributed by atoms with Gasteiger partial charge in [0.25, 0.3) is 0 Å². The molecule has 0 aliphatic carbocycles. The van der Waals surface area contributed by atoms with Crippen LogP contribution in [0.1, 0.15) is 0 Å². The predicted molar refractivity (Wildman–Crippen MR) is 231 cm³/mol. The van der Waals surface area contributed by atoms with Crippen molar-refractivity contribution in [3.8, 4) is 78.7 Å². The molecule has 0 N–H and O–H groups in total. The molecule has 3 nitrogen and oxygen atoms in total. The van der Waals surface area contributed by atoms with Gasteiger partial charge in [-0.25, -0.2) is 15.0 Å². The molecule has 0 saturated heterocycles. The maximum absolute atomic E-state index is 5.21. The van der Waals surface area contributed by atoms with Crippen molar-refractivity contribution in [1.29, 1.82) is 0 Å². The third-order valence-electron chi connectivity index (χ3n) is 10.2. The summed E-state index contributed by atoms with van der Waals surface area (Å²) in [5.41, 5.74) is 12.3. The fourth-order valence-corrected chi connectivity index (χ4v) is 8.66. The molecule has 10 aromatic rings. The minimum atomic E-state index is 0.640. The van der Waals surface area contributed by atoms with Crippen molar-refractivity contribution >= 4 is 31.5 Å². The van der Waals surface area contributed by atoms with Gasteiger partial charge in [0.2, 0.25) is 0 Å². The van der Waals surface area contributed by atoms with Crippen LogP contribution in [0.2, 0.25) is 0 Å². The standard InChI is InChI=1S/C51H33N3S/c1-4-13-34(14-5-1)37-25-29-39(30-26-37)49-52-50(40-31-27-38(28-32-40)35-15-6-2-7-16-35)54-51(53-49)45-23-12-24-46-47(45)44-22-11-21-43(48(44)55-46)42-20-10-19-41(33-42)36-17-8-3-9-18-36/h1-33H. The lowest BCUT2D eigenvalue weighted by molar-refractivity contribution is 1.08. The average molecular weight is 720 g/mol. The van der Waals surface area contributed by atoms with Crippen LogP contribution in [0.25, 0.3) is 98.8 Å². The van der Waals surface area contributed by atoms with Crippen molar-refractivity contribution in [3.63, 3.8) is 0 Å². The Morgan fingerprint density at radius 3 is 1.29 bits per heavy atom. The highest BCUT2D eigenvalue weighted by Gasteiger charge is 2.19. The molecular formula is C51H33N3S. The van der Waals surface area contributed by atoms with Gasteiger partial charge in [-0.05, 0) is 56.6 Å². The molecule has 0 atom stereocenters. The van der Waals surface area contributed by atoms with E-state index in [-0.39, 0.29) is 0 Å². The highest BCUT2D eigenvalue weighted by Crippen LogP contribution is 2.44. The Balaban J connectivity index is 1.12. The molecule has 0 radical (unpaired) electrons. The van der Waals surface area contributed by atoms with Gasteiger partial charge < -0.3 is 0 Å². The first-order valence-corrected chi connectivity index (χ1v) is 19.3. The molecule has 258 valence electrons. The second kappa shape index (κ2) is 14.1. The van der Waals surface area contributed by atoms with E-state index in [2.05, 4.69) is 188 Å². The lowest BCUT2D eigenvalue weighted by Crippen LogP contribution is -2.00. The fourth-order valence-electron chi connectivity index (χ4n) is 7.40. The Morgan fingerprint density at radius 1 is 0.291 bits per heavy atom. The third kappa shape index (κ3) is 6.29. The van der Waals surface area contributed by atoms with Crippen LogP contribution >= 0.6 is 11.3 Å². The highest BCUT2D eigenvalue weighted by atomic mass is 32.1. The summed E-state index contributed by atoms with van der Waals surface area (Å²) in [7, 11) is 0. The van der Waals surface area contributed by atoms with Gasteiger partial charge in [-0.3, -0.25) is 0 Å². The van der Waals surface area contributed by atoms with Crippen molar-refractivity contribution in [1.82, 2.24) is 15.0 Å². The van der Waals surface area contributed by atoms with Crippen LogP contribution in [0, 0.1) is 0 Å². The third-order valence-corrected chi connectivity index (χ3v) is 11.4. The van der Waals surface area contributed by atoms with Gasteiger partial charge >= 0.3 is 0 Å². The Labute approximate surface area is 323 Å². The first-order chi connectivity index (χ1) is 27.2. The van der Waals surface area contributed by atoms with E-state index in [9.17, 15) is 0 Å². The van der Waals surface area contributed by atoms with Crippen molar-refractivity contribution < 1.29 is 0 Å². The summed E-state index contributed by atoms with van der Waals surface area (Å²) in [4.78, 5) is 15.5. The molecule has 0 aliphatic rings. The Hall–Kier alpha value is -7.01. The minimum absolute atomic E-state index is 0.640. The maximum atomic E-state index is 5.21. The number of benzene rings is 8. The second-order valence-electron chi connectivity index (χ2n) is 13.6. The molecule has 55 heavy (non-hydrogen) atoms. The van der Waals surface area contributed by atoms with Crippen LogP contribution in [0.5, 0.6) is 0 Å². The lowest BCUT2D eigenvalue weighted by atomic mass is 9.97. The van der Waals surface area contributed by atoms with Crippen molar-refractivity contribution in [2.24, 2.45) is 0 Å². The van der Waals surface area contributed by atoms with Gasteiger partial charge in [0.1, 0.15) is 0 Å². The molecule has 2 heterocycles. The maximum Gasteiger partial charge on any atom is 0.164 e. The van der Waals surface area contributed by atoms with E-state index in [1.807, 2.05) is 23.5 Å². The van der Waals surface area contributed by atoms with Gasteiger partial charge in [0.05, 0.1) is 0 Å². The molecule has 0 bridgehead atoms. The minimum Gasteiger partial charge on any atom is -0.208 e. The number of fused-ring (bicyclic) bond motifs is 3. The number of nitrogens with zero attached hydrogens (tertiary/aromatic N) is 3. The van der Waals surface area contributed by atoms with Crippen LogP contribution in [-0.2, 0) is 0 Å². The zero-order chi connectivity index (χ0) is 36.6. The quantitative estimate of drug-likeness (QED) is 0.165. The first-order valence-electron chi connectivity index (χ1n) is 18.4. The topological polar surface area (TPSA) is 38.7 Å². The molecule has 0 aliphatic heterocycles. The smallest absolute Gasteiger partial charge is 0.164 e. The van der Waals surface area contributed by atoms with Crippen molar-refractivity contribution in [2.45, 2.75) is 0 Å². The molecule has 0 fully saturated rings. The van der Waals surface area contributed by atoms with E-state index >= 15 is 0 Å². The van der Waals surface area contributed by atoms with Gasteiger partial charge in [-0.15, -0.1) is 11.3 Å². The Bertz CT molecular complexity index is 2840. The first kappa shape index (κ1) is 32.6. The van der Waals surface area contributed by atoms with E-state index in [4.69, 9.17) is 15.0 Å². The summed E-state index contributed by atoms with van der Waals surface area (Å²) in [5, 5.41) is 2.35. The fraction of sp³-hybridized carbons (Fsp3) is 0. The zero-order valence-electron chi connectivity index (χ0n) is 29.8. The average Bonchev–Trinajstić information content (AvgIpc) is 3.67. The normalized spacial score (nSPS) is 11.3. The summed E-state index contributed by atoms with van der Waals surface area (Å²) in [6.07, 6.45) is 0. The summed E-state index contributed by atoms with van der Waals surface area (Å²) < 4.78 is 2.44. The SMILES string of the molecule is c1ccc(-c2ccc(-c3nc(-c4ccc(-c5ccccc5)cc4)nc(-c4cccc5sc6c(-c7cccc(-c8ccccc8)c7)cccc6c45)n3)cc2)cc1. The number of hydrogen-bond acceptors (Lipinski definition) is 4. The van der Waals surface area contributed by atoms with Crippen LogP contribution in [0.3, 0.4) is 0 Å². The Kier molecular flexibility index (Phi) is 8.36. The van der Waals surface area contributed by atoms with Gasteiger partial charge in [0, 0.05) is 36.9 Å². The number of thiophene rings is 1. The largest absolute Gasteiger partial charge is 0.208 e. The zero-order valence-corrected chi connectivity index (χ0v) is 30.6. The molecule has 10 rings (SSSR count). The lowest BCUT2D eigenvalue weighted by Gasteiger charge is -2.11. The Morgan fingerprint density at radius 2 is 0.709 bits per heavy atom. The van der Waals surface area contributed by atoms with Crippen LogP contribution in [0.15, 0.2) is 200 Å². The molecule has 2 aromatic heterocycles. The van der Waals surface area contributed by atoms with Crippen molar-refractivity contribution in [2.75, 3.05) is 0 Å². The van der Waals surface area contributed by atoms with Gasteiger partial charge in [-0.2, -0.15) is 0 Å².